The van der Waals surface area contributed by atoms with Crippen LogP contribution in [0, 0.1) is 12.3 Å². The van der Waals surface area contributed by atoms with Gasteiger partial charge in [0.2, 0.25) is 5.95 Å². The topological polar surface area (TPSA) is 288 Å². The molecule has 194 valence electrons. The van der Waals surface area contributed by atoms with Gasteiger partial charge in [-0.2, -0.15) is 13.6 Å². The van der Waals surface area contributed by atoms with E-state index in [1.165, 1.54) is 0 Å². The number of ether oxygens (including phenoxy) is 1. The minimum Gasteiger partial charge on any atom is -0.387 e. The lowest BCUT2D eigenvalue weighted by molar-refractivity contribution is -0.0503. The SMILES string of the molecule is C#CCOP(=O)(O)OP(=O)(O)OP(=O)(O)OC[C@H]1O[C@@H](n2cnc3c(=O)[nH]c(N)nc32)[C@H](O)[C@@H]1O. The Bertz CT molecular complexity index is 1340. The number of aromatic amines is 1. The van der Waals surface area contributed by atoms with E-state index in [9.17, 15) is 43.4 Å². The number of aliphatic hydroxyl groups excluding tert-OH is 2. The number of nitrogens with two attached hydrogens (primary N) is 1. The minimum absolute atomic E-state index is 0.112. The molecule has 0 amide bonds. The highest BCUT2D eigenvalue weighted by molar-refractivity contribution is 7.66. The summed E-state index contributed by atoms with van der Waals surface area (Å²) in [7, 11) is -16.5. The summed E-state index contributed by atoms with van der Waals surface area (Å²) in [6.45, 7) is -1.81. The van der Waals surface area contributed by atoms with E-state index >= 15 is 0 Å². The molecule has 8 N–H and O–H groups in total. The largest absolute Gasteiger partial charge is 0.490 e. The Morgan fingerprint density at radius 1 is 1.14 bits per heavy atom. The van der Waals surface area contributed by atoms with E-state index in [1.54, 1.807) is 5.92 Å². The molecule has 1 saturated heterocycles. The molecule has 1 aliphatic rings. The zero-order valence-corrected chi connectivity index (χ0v) is 19.7. The summed E-state index contributed by atoms with van der Waals surface area (Å²) in [5.41, 5.74) is 4.53. The molecular formula is C13H18N5O14P3. The van der Waals surface area contributed by atoms with Crippen molar-refractivity contribution in [3.05, 3.63) is 16.7 Å². The molecule has 3 unspecified atom stereocenters. The van der Waals surface area contributed by atoms with Gasteiger partial charge in [-0.05, 0) is 0 Å². The average molecular weight is 561 g/mol. The third-order valence-corrected chi connectivity index (χ3v) is 8.42. The number of nitrogen functional groups attached to an aromatic ring is 1. The maximum atomic E-state index is 12.0. The van der Waals surface area contributed by atoms with E-state index in [2.05, 4.69) is 32.6 Å². The average Bonchev–Trinajstić information content (AvgIpc) is 3.25. The van der Waals surface area contributed by atoms with Crippen LogP contribution in [0.25, 0.3) is 11.2 Å². The second kappa shape index (κ2) is 10.2. The number of fused-ring (bicyclic) bond motifs is 1. The zero-order chi connectivity index (χ0) is 26.2. The molecule has 1 aliphatic heterocycles. The number of imidazole rings is 1. The highest BCUT2D eigenvalue weighted by Crippen LogP contribution is 2.67. The van der Waals surface area contributed by atoms with Crippen LogP contribution in [0.4, 0.5) is 5.95 Å². The Hall–Kier alpha value is -2.00. The zero-order valence-electron chi connectivity index (χ0n) is 17.0. The van der Waals surface area contributed by atoms with Crippen LogP contribution in [0.5, 0.6) is 0 Å². The number of hydrogen-bond acceptors (Lipinski definition) is 14. The summed E-state index contributed by atoms with van der Waals surface area (Å²) in [5.74, 6) is 1.50. The monoisotopic (exact) mass is 561 g/mol. The van der Waals surface area contributed by atoms with Gasteiger partial charge < -0.3 is 35.4 Å². The second-order valence-electron chi connectivity index (χ2n) is 6.66. The van der Waals surface area contributed by atoms with Gasteiger partial charge in [0.25, 0.3) is 5.56 Å². The summed E-state index contributed by atoms with van der Waals surface area (Å²) < 4.78 is 58.0. The van der Waals surface area contributed by atoms with Gasteiger partial charge in [-0.1, -0.05) is 5.92 Å². The van der Waals surface area contributed by atoms with Gasteiger partial charge in [0, 0.05) is 0 Å². The number of nitrogens with zero attached hydrogens (tertiary/aromatic N) is 3. The number of terminal acetylenes is 1. The molecule has 35 heavy (non-hydrogen) atoms. The van der Waals surface area contributed by atoms with Crippen LogP contribution in [0.3, 0.4) is 0 Å². The first kappa shape index (κ1) is 27.6. The Balaban J connectivity index is 1.68. The smallest absolute Gasteiger partial charge is 0.387 e. The van der Waals surface area contributed by atoms with Crippen LogP contribution in [0.15, 0.2) is 11.1 Å². The first-order chi connectivity index (χ1) is 16.1. The molecule has 0 spiro atoms. The quantitative estimate of drug-likeness (QED) is 0.126. The van der Waals surface area contributed by atoms with E-state index in [0.717, 1.165) is 10.9 Å². The molecule has 2 aromatic heterocycles. The Kier molecular flexibility index (Phi) is 8.01. The highest BCUT2D eigenvalue weighted by Gasteiger charge is 2.47. The molecule has 0 aliphatic carbocycles. The number of phosphoric acid groups is 3. The number of anilines is 1. The number of aliphatic hydroxyl groups is 2. The lowest BCUT2D eigenvalue weighted by atomic mass is 10.1. The number of phosphoric ester groups is 2. The normalized spacial score (nSPS) is 27.7. The van der Waals surface area contributed by atoms with Crippen molar-refractivity contribution in [3.8, 4) is 12.3 Å². The summed E-state index contributed by atoms with van der Waals surface area (Å²) in [4.78, 5) is 50.2. The van der Waals surface area contributed by atoms with Gasteiger partial charge in [0.1, 0.15) is 24.9 Å². The van der Waals surface area contributed by atoms with Crippen molar-refractivity contribution in [2.45, 2.75) is 24.5 Å². The molecule has 7 atom stereocenters. The molecule has 0 radical (unpaired) electrons. The van der Waals surface area contributed by atoms with Gasteiger partial charge in [0.05, 0.1) is 12.9 Å². The molecule has 0 bridgehead atoms. The summed E-state index contributed by atoms with van der Waals surface area (Å²) in [6, 6.07) is 0. The number of rotatable bonds is 10. The predicted octanol–water partition coefficient (Wildman–Crippen LogP) is -1.68. The van der Waals surface area contributed by atoms with Crippen LogP contribution in [0.2, 0.25) is 0 Å². The first-order valence-electron chi connectivity index (χ1n) is 9.02. The summed E-state index contributed by atoms with van der Waals surface area (Å²) in [5, 5.41) is 20.6. The Morgan fingerprint density at radius 3 is 2.40 bits per heavy atom. The molecule has 2 aromatic rings. The highest BCUT2D eigenvalue weighted by atomic mass is 31.3. The number of hydrogen-bond donors (Lipinski definition) is 7. The van der Waals surface area contributed by atoms with Gasteiger partial charge in [-0.15, -0.1) is 6.42 Å². The fourth-order valence-corrected chi connectivity index (χ4v) is 6.26. The maximum Gasteiger partial charge on any atom is 0.490 e. The minimum atomic E-state index is -5.72. The molecule has 22 heteroatoms. The fraction of sp³-hybridized carbons (Fsp3) is 0.462. The van der Waals surface area contributed by atoms with Crippen LogP contribution in [0.1, 0.15) is 6.23 Å². The van der Waals surface area contributed by atoms with Crippen molar-refractivity contribution in [2.24, 2.45) is 0 Å². The fourth-order valence-electron chi connectivity index (χ4n) is 2.84. The summed E-state index contributed by atoms with van der Waals surface area (Å²) in [6.07, 6.45) is -0.533. The van der Waals surface area contributed by atoms with Gasteiger partial charge >= 0.3 is 23.5 Å². The van der Waals surface area contributed by atoms with Crippen molar-refractivity contribution < 1.29 is 61.0 Å². The third-order valence-electron chi connectivity index (χ3n) is 4.19. The van der Waals surface area contributed by atoms with E-state index < -0.39 is 66.8 Å². The molecule has 3 heterocycles. The van der Waals surface area contributed by atoms with Crippen molar-refractivity contribution in [2.75, 3.05) is 18.9 Å². The number of nitrogens with one attached hydrogen (secondary N) is 1. The number of H-pyrrole nitrogens is 1. The lowest BCUT2D eigenvalue weighted by Crippen LogP contribution is -2.33. The first-order valence-corrected chi connectivity index (χ1v) is 13.5. The van der Waals surface area contributed by atoms with Crippen molar-refractivity contribution >= 4 is 40.6 Å². The molecule has 19 nitrogen and oxygen atoms in total. The standard InChI is InChI=1S/C13H18N5O14P3/c1-2-3-28-33(22,23)31-35(26,27)32-34(24,25)29-4-6-8(19)9(20)12(30-6)18-5-15-7-10(18)16-13(14)17-11(7)21/h1,5-6,8-9,12,19-20H,3-4H2,(H,22,23)(H,24,25)(H,26,27)(H3,14,16,17,21)/t6-,8-,9-,12-/m1/s1. The third kappa shape index (κ3) is 6.61. The second-order valence-corrected chi connectivity index (χ2v) is 11.3. The Morgan fingerprint density at radius 2 is 1.77 bits per heavy atom. The van der Waals surface area contributed by atoms with Crippen molar-refractivity contribution in [1.82, 2.24) is 19.5 Å². The lowest BCUT2D eigenvalue weighted by Gasteiger charge is -2.19. The van der Waals surface area contributed by atoms with E-state index in [4.69, 9.17) is 16.9 Å². The van der Waals surface area contributed by atoms with Crippen LogP contribution in [-0.2, 0) is 36.1 Å². The van der Waals surface area contributed by atoms with Crippen LogP contribution >= 0.6 is 23.5 Å². The molecule has 0 aromatic carbocycles. The van der Waals surface area contributed by atoms with E-state index in [0.29, 0.717) is 0 Å². The van der Waals surface area contributed by atoms with Crippen molar-refractivity contribution in [3.63, 3.8) is 0 Å². The molecule has 3 rings (SSSR count). The van der Waals surface area contributed by atoms with Gasteiger partial charge in [-0.3, -0.25) is 23.4 Å². The van der Waals surface area contributed by atoms with Gasteiger partial charge in [-0.25, -0.2) is 18.7 Å². The predicted molar refractivity (Wildman–Crippen MR) is 111 cm³/mol. The van der Waals surface area contributed by atoms with Gasteiger partial charge in [0.15, 0.2) is 17.4 Å². The van der Waals surface area contributed by atoms with Crippen molar-refractivity contribution in [1.29, 1.82) is 0 Å². The van der Waals surface area contributed by atoms with Crippen LogP contribution in [-0.4, -0.2) is 75.9 Å². The molecule has 0 saturated carbocycles. The Labute approximate surface area is 194 Å². The van der Waals surface area contributed by atoms with E-state index in [1.807, 2.05) is 0 Å². The maximum absolute atomic E-state index is 12.0. The molecule has 1 fully saturated rings. The summed E-state index contributed by atoms with van der Waals surface area (Å²) >= 11 is 0. The van der Waals surface area contributed by atoms with Crippen LogP contribution < -0.4 is 11.3 Å². The number of aromatic nitrogens is 4. The van der Waals surface area contributed by atoms with E-state index in [-0.39, 0.29) is 17.1 Å². The molecular weight excluding hydrogens is 543 g/mol.